The van der Waals surface area contributed by atoms with Crippen LogP contribution in [0.2, 0.25) is 0 Å². The van der Waals surface area contributed by atoms with E-state index in [4.69, 9.17) is 4.98 Å². The molecule has 2 aliphatic heterocycles. The van der Waals surface area contributed by atoms with Gasteiger partial charge >= 0.3 is 0 Å². The fourth-order valence-electron chi connectivity index (χ4n) is 3.64. The molecule has 0 radical (unpaired) electrons. The van der Waals surface area contributed by atoms with Gasteiger partial charge in [0.1, 0.15) is 5.52 Å². The summed E-state index contributed by atoms with van der Waals surface area (Å²) in [6.07, 6.45) is 5.17. The van der Waals surface area contributed by atoms with Crippen LogP contribution in [0.4, 0.5) is 5.95 Å². The summed E-state index contributed by atoms with van der Waals surface area (Å²) in [6, 6.07) is 8.62. The number of para-hydroxylation sites is 1. The second-order valence-corrected chi connectivity index (χ2v) is 6.15. The zero-order valence-corrected chi connectivity index (χ0v) is 12.2. The lowest BCUT2D eigenvalue weighted by Crippen LogP contribution is -2.44. The normalized spacial score (nSPS) is 26.4. The highest BCUT2D eigenvalue weighted by atomic mass is 15.3. The smallest absolute Gasteiger partial charge is 0.245 e. The van der Waals surface area contributed by atoms with Gasteiger partial charge in [-0.1, -0.05) is 12.1 Å². The van der Waals surface area contributed by atoms with Crippen molar-refractivity contribution < 1.29 is 0 Å². The van der Waals surface area contributed by atoms with E-state index in [-0.39, 0.29) is 0 Å². The number of nitrogens with one attached hydrogen (secondary N) is 1. The minimum Gasteiger partial charge on any atom is -0.339 e. The Morgan fingerprint density at radius 1 is 1.05 bits per heavy atom. The van der Waals surface area contributed by atoms with Crippen LogP contribution in [-0.2, 0) is 0 Å². The molecular weight excluding hydrogens is 262 g/mol. The van der Waals surface area contributed by atoms with Gasteiger partial charge in [0.05, 0.1) is 5.52 Å². The summed E-state index contributed by atoms with van der Waals surface area (Å²) in [5.74, 6) is 1.51. The van der Waals surface area contributed by atoms with E-state index >= 15 is 0 Å². The monoisotopic (exact) mass is 283 g/mol. The first-order valence-corrected chi connectivity index (χ1v) is 7.98. The van der Waals surface area contributed by atoms with Crippen LogP contribution in [-0.4, -0.2) is 40.9 Å². The molecule has 0 aliphatic carbocycles. The quantitative estimate of drug-likeness (QED) is 0.913. The summed E-state index contributed by atoms with van der Waals surface area (Å²) in [4.78, 5) is 7.00. The van der Waals surface area contributed by atoms with Crippen molar-refractivity contribution in [1.82, 2.24) is 20.5 Å². The lowest BCUT2D eigenvalue weighted by atomic mass is 9.90. The molecule has 0 spiro atoms. The van der Waals surface area contributed by atoms with Crippen molar-refractivity contribution in [3.63, 3.8) is 0 Å². The number of nitrogens with zero attached hydrogens (tertiary/aromatic N) is 4. The highest BCUT2D eigenvalue weighted by Crippen LogP contribution is 2.26. The summed E-state index contributed by atoms with van der Waals surface area (Å²) in [6.45, 7) is 3.27. The molecule has 1 aromatic heterocycles. The molecule has 21 heavy (non-hydrogen) atoms. The van der Waals surface area contributed by atoms with E-state index in [1.165, 1.54) is 32.2 Å². The van der Waals surface area contributed by atoms with Gasteiger partial charge in [-0.15, -0.1) is 10.2 Å². The SMILES string of the molecule is c1ccc2nc(N3CCCC(C4CCCN4)C3)nnc2c1. The molecule has 0 saturated carbocycles. The molecule has 5 heteroatoms. The third-order valence-corrected chi connectivity index (χ3v) is 4.76. The number of rotatable bonds is 2. The van der Waals surface area contributed by atoms with Crippen molar-refractivity contribution in [3.05, 3.63) is 24.3 Å². The molecule has 5 nitrogen and oxygen atoms in total. The molecule has 110 valence electrons. The van der Waals surface area contributed by atoms with Gasteiger partial charge in [-0.05, 0) is 50.3 Å². The van der Waals surface area contributed by atoms with Crippen molar-refractivity contribution in [2.45, 2.75) is 31.7 Å². The summed E-state index contributed by atoms with van der Waals surface area (Å²) >= 11 is 0. The highest BCUT2D eigenvalue weighted by Gasteiger charge is 2.30. The van der Waals surface area contributed by atoms with Gasteiger partial charge in [0.2, 0.25) is 5.95 Å². The van der Waals surface area contributed by atoms with Crippen LogP contribution in [0.3, 0.4) is 0 Å². The van der Waals surface area contributed by atoms with E-state index in [1.54, 1.807) is 0 Å². The van der Waals surface area contributed by atoms with E-state index in [2.05, 4.69) is 20.4 Å². The van der Waals surface area contributed by atoms with Gasteiger partial charge in [-0.2, -0.15) is 0 Å². The molecule has 2 aromatic rings. The summed E-state index contributed by atoms with van der Waals surface area (Å²) < 4.78 is 0. The molecule has 2 atom stereocenters. The van der Waals surface area contributed by atoms with Crippen molar-refractivity contribution in [3.8, 4) is 0 Å². The van der Waals surface area contributed by atoms with Crippen molar-refractivity contribution in [2.75, 3.05) is 24.5 Å². The van der Waals surface area contributed by atoms with Gasteiger partial charge in [-0.3, -0.25) is 0 Å². The molecule has 0 bridgehead atoms. The van der Waals surface area contributed by atoms with Gasteiger partial charge in [-0.25, -0.2) is 4.98 Å². The van der Waals surface area contributed by atoms with Gasteiger partial charge in [0.15, 0.2) is 0 Å². The number of fused-ring (bicyclic) bond motifs is 1. The standard InChI is InChI=1S/C16H21N5/c1-2-7-15-14(6-1)18-16(20-19-15)21-10-4-5-12(11-21)13-8-3-9-17-13/h1-2,6-7,12-13,17H,3-5,8-11H2. The molecule has 1 N–H and O–H groups in total. The lowest BCUT2D eigenvalue weighted by molar-refractivity contribution is 0.326. The first-order chi connectivity index (χ1) is 10.4. The maximum atomic E-state index is 4.69. The second kappa shape index (κ2) is 5.56. The number of piperidine rings is 1. The molecule has 2 saturated heterocycles. The first-order valence-electron chi connectivity index (χ1n) is 7.98. The Kier molecular flexibility index (Phi) is 3.43. The third-order valence-electron chi connectivity index (χ3n) is 4.76. The van der Waals surface area contributed by atoms with E-state index in [9.17, 15) is 0 Å². The third kappa shape index (κ3) is 2.58. The average molecular weight is 283 g/mol. The first kappa shape index (κ1) is 13.0. The van der Waals surface area contributed by atoms with Crippen LogP contribution in [0, 0.1) is 5.92 Å². The molecule has 2 fully saturated rings. The van der Waals surface area contributed by atoms with Gasteiger partial charge in [0, 0.05) is 19.1 Å². The van der Waals surface area contributed by atoms with Crippen LogP contribution < -0.4 is 10.2 Å². The molecule has 1 aromatic carbocycles. The van der Waals surface area contributed by atoms with Crippen LogP contribution in [0.5, 0.6) is 0 Å². The molecule has 4 rings (SSSR count). The van der Waals surface area contributed by atoms with Crippen molar-refractivity contribution >= 4 is 17.0 Å². The summed E-state index contributed by atoms with van der Waals surface area (Å²) in [5.41, 5.74) is 1.80. The fraction of sp³-hybridized carbons (Fsp3) is 0.562. The van der Waals surface area contributed by atoms with Crippen molar-refractivity contribution in [2.24, 2.45) is 5.92 Å². The van der Waals surface area contributed by atoms with Crippen molar-refractivity contribution in [1.29, 1.82) is 0 Å². The molecule has 0 amide bonds. The van der Waals surface area contributed by atoms with Crippen LogP contribution in [0.15, 0.2) is 24.3 Å². The maximum Gasteiger partial charge on any atom is 0.245 e. The number of aromatic nitrogens is 3. The number of hydrogen-bond donors (Lipinski definition) is 1. The Morgan fingerprint density at radius 2 is 1.95 bits per heavy atom. The number of benzene rings is 1. The topological polar surface area (TPSA) is 53.9 Å². The average Bonchev–Trinajstić information content (AvgIpc) is 3.09. The Morgan fingerprint density at radius 3 is 2.81 bits per heavy atom. The zero-order valence-electron chi connectivity index (χ0n) is 12.2. The predicted octanol–water partition coefficient (Wildman–Crippen LogP) is 1.99. The van der Waals surface area contributed by atoms with Gasteiger partial charge in [0.25, 0.3) is 0 Å². The van der Waals surface area contributed by atoms with E-state index in [0.717, 1.165) is 36.0 Å². The number of hydrogen-bond acceptors (Lipinski definition) is 5. The Labute approximate surface area is 124 Å². The van der Waals surface area contributed by atoms with E-state index in [0.29, 0.717) is 6.04 Å². The zero-order chi connectivity index (χ0) is 14.1. The minimum atomic E-state index is 0.682. The second-order valence-electron chi connectivity index (χ2n) is 6.15. The minimum absolute atomic E-state index is 0.682. The Hall–Kier alpha value is -1.75. The molecule has 2 unspecified atom stereocenters. The van der Waals surface area contributed by atoms with E-state index < -0.39 is 0 Å². The summed E-state index contributed by atoms with van der Waals surface area (Å²) in [7, 11) is 0. The van der Waals surface area contributed by atoms with Crippen LogP contribution >= 0.6 is 0 Å². The van der Waals surface area contributed by atoms with Gasteiger partial charge < -0.3 is 10.2 Å². The number of anilines is 1. The molecule has 2 aliphatic rings. The lowest BCUT2D eigenvalue weighted by Gasteiger charge is -2.35. The predicted molar refractivity (Wildman–Crippen MR) is 83.3 cm³/mol. The van der Waals surface area contributed by atoms with Crippen LogP contribution in [0.1, 0.15) is 25.7 Å². The molecular formula is C16H21N5. The fourth-order valence-corrected chi connectivity index (χ4v) is 3.64. The van der Waals surface area contributed by atoms with E-state index in [1.807, 2.05) is 24.3 Å². The molecule has 3 heterocycles. The largest absolute Gasteiger partial charge is 0.339 e. The Balaban J connectivity index is 1.56. The Bertz CT molecular complexity index is 623. The highest BCUT2D eigenvalue weighted by molar-refractivity contribution is 5.74. The maximum absolute atomic E-state index is 4.69. The summed E-state index contributed by atoms with van der Waals surface area (Å²) in [5, 5.41) is 12.3. The van der Waals surface area contributed by atoms with Crippen LogP contribution in [0.25, 0.3) is 11.0 Å².